The number of amides is 1. The van der Waals surface area contributed by atoms with Gasteiger partial charge in [0.25, 0.3) is 11.5 Å². The van der Waals surface area contributed by atoms with Gasteiger partial charge < -0.3 is 29.2 Å². The molecule has 0 atom stereocenters. The molecule has 0 radical (unpaired) electrons. The summed E-state index contributed by atoms with van der Waals surface area (Å²) in [7, 11) is 1.53. The van der Waals surface area contributed by atoms with Crippen molar-refractivity contribution in [2.75, 3.05) is 33.5 Å². The van der Waals surface area contributed by atoms with Crippen molar-refractivity contribution < 1.29 is 24.1 Å². The minimum absolute atomic E-state index is 0.000566. The molecule has 29 heavy (non-hydrogen) atoms. The van der Waals surface area contributed by atoms with E-state index in [4.69, 9.17) is 14.2 Å². The highest BCUT2D eigenvalue weighted by molar-refractivity contribution is 5.99. The Labute approximate surface area is 170 Å². The highest BCUT2D eigenvalue weighted by atomic mass is 16.5. The van der Waals surface area contributed by atoms with E-state index >= 15 is 0 Å². The zero-order valence-electron chi connectivity index (χ0n) is 17.7. The first-order valence-electron chi connectivity index (χ1n) is 9.76. The number of aliphatic hydroxyl groups excluding tert-OH is 1. The minimum Gasteiger partial charge on any atom is -0.493 e. The van der Waals surface area contributed by atoms with Gasteiger partial charge in [0.1, 0.15) is 12.2 Å². The number of ether oxygens (including phenoxy) is 3. The van der Waals surface area contributed by atoms with Crippen LogP contribution in [0.2, 0.25) is 0 Å². The van der Waals surface area contributed by atoms with E-state index in [2.05, 4.69) is 5.32 Å². The molecule has 1 aromatic heterocycles. The van der Waals surface area contributed by atoms with Crippen molar-refractivity contribution in [3.8, 4) is 11.5 Å². The van der Waals surface area contributed by atoms with Gasteiger partial charge in [0, 0.05) is 11.9 Å². The Kier molecular flexibility index (Phi) is 7.64. The second kappa shape index (κ2) is 9.76. The number of hydrogen-bond donors (Lipinski definition) is 2. The Hall–Kier alpha value is -2.58. The third-order valence-electron chi connectivity index (χ3n) is 4.42. The fourth-order valence-corrected chi connectivity index (χ4v) is 2.98. The second-order valence-corrected chi connectivity index (χ2v) is 7.01. The molecule has 0 spiro atoms. The van der Waals surface area contributed by atoms with Crippen LogP contribution in [0.1, 0.15) is 38.1 Å². The number of pyridine rings is 1. The van der Waals surface area contributed by atoms with Crippen LogP contribution in [0.5, 0.6) is 11.5 Å². The molecule has 0 unspecified atom stereocenters. The Morgan fingerprint density at radius 2 is 2.00 bits per heavy atom. The Morgan fingerprint density at radius 1 is 1.28 bits per heavy atom. The van der Waals surface area contributed by atoms with E-state index in [0.29, 0.717) is 42.2 Å². The number of carbonyl (C=O) groups excluding carboxylic acids is 1. The van der Waals surface area contributed by atoms with Gasteiger partial charge in [0.15, 0.2) is 11.5 Å². The summed E-state index contributed by atoms with van der Waals surface area (Å²) >= 11 is 0. The lowest BCUT2D eigenvalue weighted by Crippen LogP contribution is -2.48. The molecule has 1 aromatic carbocycles. The van der Waals surface area contributed by atoms with Gasteiger partial charge in [0.05, 0.1) is 38.0 Å². The van der Waals surface area contributed by atoms with Crippen LogP contribution in [-0.2, 0) is 11.3 Å². The van der Waals surface area contributed by atoms with E-state index in [1.165, 1.54) is 11.7 Å². The zero-order valence-corrected chi connectivity index (χ0v) is 17.7. The Balaban J connectivity index is 0.00000145. The van der Waals surface area contributed by atoms with Crippen molar-refractivity contribution in [1.29, 1.82) is 0 Å². The van der Waals surface area contributed by atoms with Crippen molar-refractivity contribution in [3.05, 3.63) is 34.1 Å². The predicted molar refractivity (Wildman–Crippen MR) is 111 cm³/mol. The first kappa shape index (κ1) is 22.7. The number of aliphatic hydroxyl groups is 1. The fraction of sp³-hybridized carbons (Fsp3) is 0.524. The van der Waals surface area contributed by atoms with Gasteiger partial charge in [-0.05, 0) is 32.0 Å². The van der Waals surface area contributed by atoms with Crippen molar-refractivity contribution >= 4 is 16.8 Å². The van der Waals surface area contributed by atoms with Crippen LogP contribution in [-0.4, -0.2) is 54.7 Å². The van der Waals surface area contributed by atoms with Crippen LogP contribution in [0.25, 0.3) is 10.9 Å². The summed E-state index contributed by atoms with van der Waals surface area (Å²) in [6.07, 6.45) is 0. The van der Waals surface area contributed by atoms with E-state index in [9.17, 15) is 14.7 Å². The lowest BCUT2D eigenvalue weighted by molar-refractivity contribution is 0.0865. The minimum atomic E-state index is -0.844. The molecule has 0 saturated carbocycles. The first-order valence-corrected chi connectivity index (χ1v) is 9.76. The molecule has 2 heterocycles. The predicted octanol–water partition coefficient (Wildman–Crippen LogP) is 1.95. The number of aromatic nitrogens is 1. The maximum absolute atomic E-state index is 13.1. The molecule has 1 amide bonds. The smallest absolute Gasteiger partial charge is 0.264 e. The molecule has 2 aromatic rings. The summed E-state index contributed by atoms with van der Waals surface area (Å²) in [5.74, 6) is 0.431. The molecular weight excluding hydrogens is 376 g/mol. The fourth-order valence-electron chi connectivity index (χ4n) is 2.98. The number of carbonyl (C=O) groups is 1. The van der Waals surface area contributed by atoms with Crippen LogP contribution in [0.3, 0.4) is 0 Å². The van der Waals surface area contributed by atoms with Crippen LogP contribution < -0.4 is 20.3 Å². The highest BCUT2D eigenvalue weighted by Gasteiger charge is 2.25. The van der Waals surface area contributed by atoms with Crippen molar-refractivity contribution in [3.63, 3.8) is 0 Å². The molecule has 0 bridgehead atoms. The van der Waals surface area contributed by atoms with Gasteiger partial charge in [-0.3, -0.25) is 9.59 Å². The molecule has 0 fully saturated rings. The molecule has 8 nitrogen and oxygen atoms in total. The van der Waals surface area contributed by atoms with Crippen LogP contribution in [0.15, 0.2) is 23.0 Å². The number of hydrogen-bond acceptors (Lipinski definition) is 6. The number of benzene rings is 1. The number of nitrogens with one attached hydrogen (secondary N) is 1. The number of rotatable bonds is 4. The molecule has 2 N–H and O–H groups in total. The van der Waals surface area contributed by atoms with Gasteiger partial charge in [-0.2, -0.15) is 0 Å². The van der Waals surface area contributed by atoms with Gasteiger partial charge in [-0.25, -0.2) is 0 Å². The van der Waals surface area contributed by atoms with E-state index in [1.807, 2.05) is 13.8 Å². The SMILES string of the molecule is CC.COc1ccc2cc(C(=O)NC(C)(C)CO)c(=O)n3c2c1OCCOCC3. The Morgan fingerprint density at radius 3 is 2.66 bits per heavy atom. The average molecular weight is 406 g/mol. The zero-order chi connectivity index (χ0) is 21.6. The molecule has 3 rings (SSSR count). The van der Waals surface area contributed by atoms with Gasteiger partial charge in [-0.1, -0.05) is 13.8 Å². The molecule has 0 aliphatic carbocycles. The molecule has 8 heteroatoms. The van der Waals surface area contributed by atoms with E-state index in [-0.39, 0.29) is 18.7 Å². The Bertz CT molecular complexity index is 920. The quantitative estimate of drug-likeness (QED) is 0.805. The molecular formula is C21H30N2O6. The lowest BCUT2D eigenvalue weighted by Gasteiger charge is -2.24. The van der Waals surface area contributed by atoms with E-state index in [1.54, 1.807) is 32.0 Å². The summed E-state index contributed by atoms with van der Waals surface area (Å²) in [6, 6.07) is 5.07. The monoisotopic (exact) mass is 406 g/mol. The maximum atomic E-state index is 13.1. The van der Waals surface area contributed by atoms with Crippen molar-refractivity contribution in [1.82, 2.24) is 9.88 Å². The molecule has 1 aliphatic rings. The van der Waals surface area contributed by atoms with Crippen molar-refractivity contribution in [2.45, 2.75) is 39.8 Å². The third-order valence-corrected chi connectivity index (χ3v) is 4.42. The largest absolute Gasteiger partial charge is 0.493 e. The molecule has 160 valence electrons. The van der Waals surface area contributed by atoms with Crippen LogP contribution >= 0.6 is 0 Å². The van der Waals surface area contributed by atoms with E-state index < -0.39 is 17.0 Å². The molecule has 0 saturated heterocycles. The maximum Gasteiger partial charge on any atom is 0.264 e. The van der Waals surface area contributed by atoms with Crippen LogP contribution in [0, 0.1) is 0 Å². The topological polar surface area (TPSA) is 99.0 Å². The van der Waals surface area contributed by atoms with Gasteiger partial charge in [-0.15, -0.1) is 0 Å². The summed E-state index contributed by atoms with van der Waals surface area (Å²) < 4.78 is 18.2. The normalized spacial score (nSPS) is 13.9. The standard InChI is InChI=1S/C19H24N2O6.C2H6/c1-19(2,11-22)20-17(23)13-10-12-4-5-14(25-3)16-15(12)21(18(13)24)6-7-26-8-9-27-16;1-2/h4-5,10,22H,6-9,11H2,1-3H3,(H,20,23);1-2H3. The highest BCUT2D eigenvalue weighted by Crippen LogP contribution is 2.35. The van der Waals surface area contributed by atoms with Crippen molar-refractivity contribution in [2.24, 2.45) is 0 Å². The first-order chi connectivity index (χ1) is 13.9. The lowest BCUT2D eigenvalue weighted by atomic mass is 10.1. The molecule has 1 aliphatic heterocycles. The average Bonchev–Trinajstić information content (AvgIpc) is 2.83. The van der Waals surface area contributed by atoms with Gasteiger partial charge >= 0.3 is 0 Å². The summed E-state index contributed by atoms with van der Waals surface area (Å²) in [4.78, 5) is 25.8. The summed E-state index contributed by atoms with van der Waals surface area (Å²) in [6.45, 7) is 8.43. The number of methoxy groups -OCH3 is 1. The number of nitrogens with zero attached hydrogens (tertiary/aromatic N) is 1. The van der Waals surface area contributed by atoms with Gasteiger partial charge in [0.2, 0.25) is 0 Å². The second-order valence-electron chi connectivity index (χ2n) is 7.01. The summed E-state index contributed by atoms with van der Waals surface area (Å²) in [5, 5.41) is 12.8. The van der Waals surface area contributed by atoms with E-state index in [0.717, 1.165) is 0 Å². The van der Waals surface area contributed by atoms with Crippen LogP contribution in [0.4, 0.5) is 0 Å². The summed E-state index contributed by atoms with van der Waals surface area (Å²) in [5.41, 5.74) is -0.719. The third kappa shape index (κ3) is 4.89.